The molecule has 4 rings (SSSR count). The highest BCUT2D eigenvalue weighted by Gasteiger charge is 2.33. The van der Waals surface area contributed by atoms with E-state index in [0.717, 1.165) is 28.1 Å². The molecule has 1 fully saturated rings. The first-order chi connectivity index (χ1) is 10.3. The van der Waals surface area contributed by atoms with Crippen molar-refractivity contribution in [2.45, 2.75) is 18.8 Å². The summed E-state index contributed by atoms with van der Waals surface area (Å²) in [5.41, 5.74) is 4.03. The van der Waals surface area contributed by atoms with Crippen LogP contribution in [0.3, 0.4) is 0 Å². The summed E-state index contributed by atoms with van der Waals surface area (Å²) < 4.78 is 5.65. The summed E-state index contributed by atoms with van der Waals surface area (Å²) in [6.45, 7) is 0. The van der Waals surface area contributed by atoms with E-state index in [4.69, 9.17) is 4.52 Å². The van der Waals surface area contributed by atoms with Crippen LogP contribution in [0.2, 0.25) is 0 Å². The molecule has 104 valence electrons. The van der Waals surface area contributed by atoms with Crippen molar-refractivity contribution in [3.8, 4) is 28.1 Å². The van der Waals surface area contributed by atoms with Gasteiger partial charge in [0.1, 0.15) is 17.2 Å². The van der Waals surface area contributed by atoms with Gasteiger partial charge in [-0.15, -0.1) is 0 Å². The lowest BCUT2D eigenvalue weighted by Crippen LogP contribution is -1.85. The second-order valence-electron chi connectivity index (χ2n) is 5.46. The summed E-state index contributed by atoms with van der Waals surface area (Å²) in [7, 11) is 0. The van der Waals surface area contributed by atoms with Crippen molar-refractivity contribution < 1.29 is 9.63 Å². The summed E-state index contributed by atoms with van der Waals surface area (Å²) >= 11 is 0. The number of rotatable bonds is 3. The summed E-state index contributed by atoms with van der Waals surface area (Å²) in [6.07, 6.45) is 2.34. The van der Waals surface area contributed by atoms with E-state index < -0.39 is 0 Å². The van der Waals surface area contributed by atoms with E-state index in [1.165, 1.54) is 12.8 Å². The van der Waals surface area contributed by atoms with E-state index in [-0.39, 0.29) is 5.75 Å². The predicted octanol–water partition coefficient (Wildman–Crippen LogP) is 4.59. The minimum absolute atomic E-state index is 0.255. The first-order valence-corrected chi connectivity index (χ1v) is 7.17. The summed E-state index contributed by atoms with van der Waals surface area (Å²) in [6, 6.07) is 17.3. The van der Waals surface area contributed by atoms with Gasteiger partial charge >= 0.3 is 0 Å². The lowest BCUT2D eigenvalue weighted by molar-refractivity contribution is 0.387. The maximum atomic E-state index is 9.45. The zero-order chi connectivity index (χ0) is 14.2. The van der Waals surface area contributed by atoms with Gasteiger partial charge in [-0.1, -0.05) is 35.5 Å². The van der Waals surface area contributed by atoms with Gasteiger partial charge in [0.05, 0.1) is 5.56 Å². The number of benzene rings is 2. The lowest BCUT2D eigenvalue weighted by atomic mass is 9.97. The van der Waals surface area contributed by atoms with Crippen molar-refractivity contribution in [2.75, 3.05) is 0 Å². The molecule has 1 saturated carbocycles. The molecule has 0 radical (unpaired) electrons. The first-order valence-electron chi connectivity index (χ1n) is 7.17. The van der Waals surface area contributed by atoms with E-state index in [2.05, 4.69) is 17.3 Å². The highest BCUT2D eigenvalue weighted by Crippen LogP contribution is 2.47. The summed E-state index contributed by atoms with van der Waals surface area (Å²) in [5, 5.41) is 13.7. The van der Waals surface area contributed by atoms with Gasteiger partial charge in [-0.2, -0.15) is 0 Å². The monoisotopic (exact) mass is 277 g/mol. The number of phenolic OH excluding ortho intramolecular Hbond substituents is 1. The number of aromatic hydroxyl groups is 1. The molecule has 3 aromatic rings. The van der Waals surface area contributed by atoms with Crippen LogP contribution in [-0.4, -0.2) is 10.3 Å². The molecule has 1 aliphatic rings. The average Bonchev–Trinajstić information content (AvgIpc) is 3.28. The Labute approximate surface area is 122 Å². The predicted molar refractivity (Wildman–Crippen MR) is 81.0 cm³/mol. The maximum Gasteiger partial charge on any atom is 0.148 e. The highest BCUT2D eigenvalue weighted by molar-refractivity contribution is 5.82. The zero-order valence-electron chi connectivity index (χ0n) is 11.5. The smallest absolute Gasteiger partial charge is 0.148 e. The molecule has 0 atom stereocenters. The van der Waals surface area contributed by atoms with Gasteiger partial charge in [0.2, 0.25) is 0 Å². The average molecular weight is 277 g/mol. The van der Waals surface area contributed by atoms with E-state index in [0.29, 0.717) is 5.92 Å². The third-order valence-electron chi connectivity index (χ3n) is 3.87. The van der Waals surface area contributed by atoms with Gasteiger partial charge < -0.3 is 9.63 Å². The Kier molecular flexibility index (Phi) is 2.78. The van der Waals surface area contributed by atoms with Crippen LogP contribution in [0.15, 0.2) is 59.1 Å². The van der Waals surface area contributed by atoms with Crippen LogP contribution in [0.5, 0.6) is 5.75 Å². The number of hydrogen-bond donors (Lipinski definition) is 1. The Hall–Kier alpha value is -2.55. The van der Waals surface area contributed by atoms with Crippen molar-refractivity contribution in [2.24, 2.45) is 0 Å². The minimum atomic E-state index is 0.255. The summed E-state index contributed by atoms with van der Waals surface area (Å²) in [5.74, 6) is 1.74. The van der Waals surface area contributed by atoms with Gasteiger partial charge in [-0.25, -0.2) is 0 Å². The molecular formula is C18H15NO2. The molecule has 1 aromatic heterocycles. The minimum Gasteiger partial charge on any atom is -0.508 e. The molecule has 21 heavy (non-hydrogen) atoms. The van der Waals surface area contributed by atoms with Crippen molar-refractivity contribution in [1.29, 1.82) is 0 Å². The van der Waals surface area contributed by atoms with Crippen LogP contribution in [0, 0.1) is 0 Å². The fourth-order valence-corrected chi connectivity index (χ4v) is 2.63. The number of phenols is 1. The zero-order valence-corrected chi connectivity index (χ0v) is 11.5. The van der Waals surface area contributed by atoms with Gasteiger partial charge in [0, 0.05) is 11.5 Å². The van der Waals surface area contributed by atoms with Crippen molar-refractivity contribution in [3.05, 3.63) is 60.4 Å². The molecule has 1 aliphatic carbocycles. The van der Waals surface area contributed by atoms with Crippen molar-refractivity contribution in [1.82, 2.24) is 5.16 Å². The van der Waals surface area contributed by atoms with Crippen LogP contribution >= 0.6 is 0 Å². The molecule has 3 nitrogen and oxygen atoms in total. The number of hydrogen-bond acceptors (Lipinski definition) is 3. The molecule has 0 saturated heterocycles. The second-order valence-corrected chi connectivity index (χ2v) is 5.46. The van der Waals surface area contributed by atoms with Crippen LogP contribution in [0.25, 0.3) is 22.4 Å². The van der Waals surface area contributed by atoms with Crippen molar-refractivity contribution in [3.63, 3.8) is 0 Å². The molecule has 0 bridgehead atoms. The SMILES string of the molecule is Oc1ccc(-c2noc(C3CC3)c2-c2ccccc2)cc1. The van der Waals surface area contributed by atoms with E-state index >= 15 is 0 Å². The third kappa shape index (κ3) is 2.21. The Balaban J connectivity index is 1.89. The third-order valence-corrected chi connectivity index (χ3v) is 3.87. The van der Waals surface area contributed by atoms with Crippen LogP contribution < -0.4 is 0 Å². The number of nitrogens with zero attached hydrogens (tertiary/aromatic N) is 1. The van der Waals surface area contributed by atoms with E-state index in [1.807, 2.05) is 30.3 Å². The van der Waals surface area contributed by atoms with Crippen LogP contribution in [-0.2, 0) is 0 Å². The Morgan fingerprint density at radius 2 is 1.62 bits per heavy atom. The normalized spacial score (nSPS) is 14.3. The number of aromatic nitrogens is 1. The fraction of sp³-hybridized carbons (Fsp3) is 0.167. The summed E-state index contributed by atoms with van der Waals surface area (Å²) in [4.78, 5) is 0. The molecule has 0 aliphatic heterocycles. The Bertz CT molecular complexity index is 756. The molecular weight excluding hydrogens is 262 g/mol. The van der Waals surface area contributed by atoms with Gasteiger partial charge in [-0.3, -0.25) is 0 Å². The van der Waals surface area contributed by atoms with Gasteiger partial charge in [0.25, 0.3) is 0 Å². The van der Waals surface area contributed by atoms with Crippen molar-refractivity contribution >= 4 is 0 Å². The van der Waals surface area contributed by atoms with E-state index in [1.54, 1.807) is 12.1 Å². The standard InChI is InChI=1S/C18H15NO2/c20-15-10-8-13(9-11-15)17-16(12-4-2-1-3-5-12)18(21-19-17)14-6-7-14/h1-5,8-11,14,20H,6-7H2. The lowest BCUT2D eigenvalue weighted by Gasteiger charge is -2.04. The molecule has 0 unspecified atom stereocenters. The molecule has 3 heteroatoms. The van der Waals surface area contributed by atoms with E-state index in [9.17, 15) is 5.11 Å². The second kappa shape index (κ2) is 4.77. The highest BCUT2D eigenvalue weighted by atomic mass is 16.5. The topological polar surface area (TPSA) is 46.3 Å². The Morgan fingerprint density at radius 1 is 0.905 bits per heavy atom. The molecule has 0 amide bonds. The maximum absolute atomic E-state index is 9.45. The molecule has 1 N–H and O–H groups in total. The van der Waals surface area contributed by atoms with Crippen LogP contribution in [0.4, 0.5) is 0 Å². The Morgan fingerprint density at radius 3 is 2.29 bits per heavy atom. The fourth-order valence-electron chi connectivity index (χ4n) is 2.63. The first kappa shape index (κ1) is 12.2. The molecule has 0 spiro atoms. The molecule has 2 aromatic carbocycles. The molecule has 1 heterocycles. The van der Waals surface area contributed by atoms with Gasteiger partial charge in [-0.05, 0) is 42.7 Å². The van der Waals surface area contributed by atoms with Crippen LogP contribution in [0.1, 0.15) is 24.5 Å². The quantitative estimate of drug-likeness (QED) is 0.761. The van der Waals surface area contributed by atoms with Gasteiger partial charge in [0.15, 0.2) is 0 Å². The largest absolute Gasteiger partial charge is 0.508 e.